The molecule has 0 radical (unpaired) electrons. The van der Waals surface area contributed by atoms with E-state index in [1.165, 1.54) is 29.2 Å². The maximum Gasteiger partial charge on any atom is 0.416 e. The third-order valence-electron chi connectivity index (χ3n) is 4.20. The Morgan fingerprint density at radius 3 is 2.16 bits per heavy atom. The van der Waals surface area contributed by atoms with E-state index in [0.717, 1.165) is 17.8 Å². The summed E-state index contributed by atoms with van der Waals surface area (Å²) < 4.78 is 51.3. The normalized spacial score (nSPS) is 15.4. The molecule has 0 N–H and O–H groups in total. The standard InChI is InChI=1S/C18H16F4N2O/c19-15-4-6-16(7-5-15)23-8-10-24(11-9-23)17(25)13-2-1-3-14(12-13)18(20,21)22/h1-7,12H,8-11H2. The molecule has 0 atom stereocenters. The molecule has 1 amide bonds. The number of hydrogen-bond donors (Lipinski definition) is 0. The van der Waals surface area contributed by atoms with Crippen LogP contribution >= 0.6 is 0 Å². The van der Waals surface area contributed by atoms with Gasteiger partial charge < -0.3 is 9.80 Å². The van der Waals surface area contributed by atoms with Crippen molar-refractivity contribution in [1.29, 1.82) is 0 Å². The Kier molecular flexibility index (Phi) is 4.65. The van der Waals surface area contributed by atoms with E-state index in [-0.39, 0.29) is 11.4 Å². The zero-order valence-corrected chi connectivity index (χ0v) is 13.3. The van der Waals surface area contributed by atoms with Gasteiger partial charge in [0, 0.05) is 37.4 Å². The van der Waals surface area contributed by atoms with E-state index >= 15 is 0 Å². The van der Waals surface area contributed by atoms with E-state index in [9.17, 15) is 22.4 Å². The Bertz CT molecular complexity index is 750. The van der Waals surface area contributed by atoms with E-state index in [2.05, 4.69) is 0 Å². The number of rotatable bonds is 2. The van der Waals surface area contributed by atoms with E-state index in [1.54, 1.807) is 12.1 Å². The number of hydrogen-bond acceptors (Lipinski definition) is 2. The largest absolute Gasteiger partial charge is 0.416 e. The van der Waals surface area contributed by atoms with E-state index < -0.39 is 17.6 Å². The summed E-state index contributed by atoms with van der Waals surface area (Å²) in [6, 6.07) is 10.5. The molecular weight excluding hydrogens is 336 g/mol. The fourth-order valence-corrected chi connectivity index (χ4v) is 2.83. The highest BCUT2D eigenvalue weighted by atomic mass is 19.4. The van der Waals surface area contributed by atoms with Crippen molar-refractivity contribution < 1.29 is 22.4 Å². The van der Waals surface area contributed by atoms with Crippen LogP contribution in [0.3, 0.4) is 0 Å². The first-order chi connectivity index (χ1) is 11.8. The van der Waals surface area contributed by atoms with Crippen LogP contribution < -0.4 is 4.90 Å². The van der Waals surface area contributed by atoms with Crippen LogP contribution in [0.2, 0.25) is 0 Å². The number of halogens is 4. The van der Waals surface area contributed by atoms with Crippen molar-refractivity contribution in [1.82, 2.24) is 4.90 Å². The molecule has 3 rings (SSSR count). The predicted molar refractivity (Wildman–Crippen MR) is 86.0 cm³/mol. The van der Waals surface area contributed by atoms with Gasteiger partial charge in [0.2, 0.25) is 0 Å². The molecule has 2 aromatic rings. The predicted octanol–water partition coefficient (Wildman–Crippen LogP) is 3.81. The lowest BCUT2D eigenvalue weighted by Gasteiger charge is -2.36. The topological polar surface area (TPSA) is 23.6 Å². The Hall–Kier alpha value is -2.57. The van der Waals surface area contributed by atoms with Crippen molar-refractivity contribution in [2.75, 3.05) is 31.1 Å². The first-order valence-corrected chi connectivity index (χ1v) is 7.81. The van der Waals surface area contributed by atoms with Gasteiger partial charge in [-0.2, -0.15) is 13.2 Å². The van der Waals surface area contributed by atoms with Gasteiger partial charge >= 0.3 is 6.18 Å². The monoisotopic (exact) mass is 352 g/mol. The molecule has 0 spiro atoms. The summed E-state index contributed by atoms with van der Waals surface area (Å²) in [5, 5.41) is 0. The van der Waals surface area contributed by atoms with Gasteiger partial charge in [0.25, 0.3) is 5.91 Å². The molecular formula is C18H16F4N2O. The zero-order valence-electron chi connectivity index (χ0n) is 13.3. The fraction of sp³-hybridized carbons (Fsp3) is 0.278. The highest BCUT2D eigenvalue weighted by molar-refractivity contribution is 5.94. The number of amides is 1. The van der Waals surface area contributed by atoms with Gasteiger partial charge in [-0.25, -0.2) is 4.39 Å². The first-order valence-electron chi connectivity index (χ1n) is 7.81. The maximum absolute atomic E-state index is 13.0. The van der Waals surface area contributed by atoms with Crippen molar-refractivity contribution in [2.24, 2.45) is 0 Å². The Balaban J connectivity index is 1.66. The quantitative estimate of drug-likeness (QED) is 0.768. The minimum atomic E-state index is -4.47. The van der Waals surface area contributed by atoms with Gasteiger partial charge in [0.1, 0.15) is 5.82 Å². The molecule has 7 heteroatoms. The lowest BCUT2D eigenvalue weighted by molar-refractivity contribution is -0.137. The molecule has 3 nitrogen and oxygen atoms in total. The van der Waals surface area contributed by atoms with Crippen LogP contribution in [-0.2, 0) is 6.18 Å². The minimum Gasteiger partial charge on any atom is -0.368 e. The van der Waals surface area contributed by atoms with Crippen LogP contribution in [0.4, 0.5) is 23.2 Å². The van der Waals surface area contributed by atoms with E-state index in [0.29, 0.717) is 26.2 Å². The van der Waals surface area contributed by atoms with E-state index in [1.807, 2.05) is 4.90 Å². The smallest absolute Gasteiger partial charge is 0.368 e. The Morgan fingerprint density at radius 1 is 0.920 bits per heavy atom. The fourth-order valence-electron chi connectivity index (χ4n) is 2.83. The SMILES string of the molecule is O=C(c1cccc(C(F)(F)F)c1)N1CCN(c2ccc(F)cc2)CC1. The van der Waals surface area contributed by atoms with Crippen LogP contribution in [0, 0.1) is 5.82 Å². The van der Waals surface area contributed by atoms with Gasteiger partial charge in [-0.1, -0.05) is 6.07 Å². The second-order valence-corrected chi connectivity index (χ2v) is 5.83. The van der Waals surface area contributed by atoms with Crippen LogP contribution in [0.5, 0.6) is 0 Å². The molecule has 1 aliphatic heterocycles. The number of anilines is 1. The van der Waals surface area contributed by atoms with Crippen molar-refractivity contribution in [2.45, 2.75) is 6.18 Å². The van der Waals surface area contributed by atoms with Crippen molar-refractivity contribution in [3.05, 3.63) is 65.5 Å². The summed E-state index contributed by atoms with van der Waals surface area (Å²) in [6.45, 7) is 1.87. The summed E-state index contributed by atoms with van der Waals surface area (Å²) >= 11 is 0. The van der Waals surface area contributed by atoms with Crippen molar-refractivity contribution >= 4 is 11.6 Å². The minimum absolute atomic E-state index is 0.0325. The molecule has 1 aliphatic rings. The summed E-state index contributed by atoms with van der Waals surface area (Å²) in [4.78, 5) is 16.0. The van der Waals surface area contributed by atoms with Crippen LogP contribution in [0.1, 0.15) is 15.9 Å². The van der Waals surface area contributed by atoms with Gasteiger partial charge in [-0.3, -0.25) is 4.79 Å². The second-order valence-electron chi connectivity index (χ2n) is 5.83. The molecule has 0 saturated carbocycles. The molecule has 0 aromatic heterocycles. The average Bonchev–Trinajstić information content (AvgIpc) is 2.61. The first kappa shape index (κ1) is 17.3. The molecule has 1 saturated heterocycles. The van der Waals surface area contributed by atoms with Crippen LogP contribution in [-0.4, -0.2) is 37.0 Å². The average molecular weight is 352 g/mol. The lowest BCUT2D eigenvalue weighted by atomic mass is 10.1. The van der Waals surface area contributed by atoms with Crippen molar-refractivity contribution in [3.8, 4) is 0 Å². The van der Waals surface area contributed by atoms with Crippen LogP contribution in [0.15, 0.2) is 48.5 Å². The van der Waals surface area contributed by atoms with Gasteiger partial charge in [0.15, 0.2) is 0 Å². The molecule has 25 heavy (non-hydrogen) atoms. The lowest BCUT2D eigenvalue weighted by Crippen LogP contribution is -2.48. The number of alkyl halides is 3. The van der Waals surface area contributed by atoms with Gasteiger partial charge in [-0.05, 0) is 42.5 Å². The maximum atomic E-state index is 13.0. The highest BCUT2D eigenvalue weighted by Gasteiger charge is 2.31. The molecule has 1 heterocycles. The number of piperazine rings is 1. The van der Waals surface area contributed by atoms with Crippen LogP contribution in [0.25, 0.3) is 0 Å². The number of benzene rings is 2. The summed E-state index contributed by atoms with van der Waals surface area (Å²) in [5.41, 5.74) is 0.0564. The third-order valence-corrected chi connectivity index (χ3v) is 4.20. The summed E-state index contributed by atoms with van der Waals surface area (Å²) in [5.74, 6) is -0.730. The molecule has 1 fully saturated rings. The molecule has 132 valence electrons. The molecule has 0 bridgehead atoms. The Morgan fingerprint density at radius 2 is 1.56 bits per heavy atom. The second kappa shape index (κ2) is 6.74. The highest BCUT2D eigenvalue weighted by Crippen LogP contribution is 2.30. The van der Waals surface area contributed by atoms with Gasteiger partial charge in [-0.15, -0.1) is 0 Å². The zero-order chi connectivity index (χ0) is 18.0. The number of nitrogens with zero attached hydrogens (tertiary/aromatic N) is 2. The third kappa shape index (κ3) is 3.92. The molecule has 2 aromatic carbocycles. The van der Waals surface area contributed by atoms with Crippen molar-refractivity contribution in [3.63, 3.8) is 0 Å². The molecule has 0 unspecified atom stereocenters. The van der Waals surface area contributed by atoms with E-state index in [4.69, 9.17) is 0 Å². The summed E-state index contributed by atoms with van der Waals surface area (Å²) in [7, 11) is 0. The Labute approximate surface area is 142 Å². The number of carbonyl (C=O) groups is 1. The summed E-state index contributed by atoms with van der Waals surface area (Å²) in [6.07, 6.45) is -4.47. The van der Waals surface area contributed by atoms with Gasteiger partial charge in [0.05, 0.1) is 5.56 Å². The molecule has 0 aliphatic carbocycles. The number of carbonyl (C=O) groups excluding carboxylic acids is 1.